The third kappa shape index (κ3) is 2.63. The monoisotopic (exact) mass is 257 g/mol. The number of amides is 1. The van der Waals surface area contributed by atoms with Gasteiger partial charge in [-0.05, 0) is 37.2 Å². The molecule has 2 N–H and O–H groups in total. The fraction of sp³-hybridized carbons (Fsp3) is 0.308. The van der Waals surface area contributed by atoms with Crippen molar-refractivity contribution in [2.45, 2.75) is 6.42 Å². The van der Waals surface area contributed by atoms with Gasteiger partial charge in [-0.15, -0.1) is 0 Å². The fourth-order valence-electron chi connectivity index (χ4n) is 2.15. The second-order valence-electron chi connectivity index (χ2n) is 4.54. The lowest BCUT2D eigenvalue weighted by Crippen LogP contribution is -2.24. The molecule has 6 nitrogen and oxygen atoms in total. The first kappa shape index (κ1) is 11.9. The van der Waals surface area contributed by atoms with E-state index in [1.54, 1.807) is 12.4 Å². The van der Waals surface area contributed by atoms with Crippen molar-refractivity contribution in [2.24, 2.45) is 5.92 Å². The van der Waals surface area contributed by atoms with E-state index >= 15 is 0 Å². The average molecular weight is 257 g/mol. The van der Waals surface area contributed by atoms with E-state index in [1.807, 2.05) is 24.3 Å². The number of aromatic nitrogens is 3. The molecule has 1 atom stereocenters. The van der Waals surface area contributed by atoms with Crippen LogP contribution < -0.4 is 10.6 Å². The lowest BCUT2D eigenvalue weighted by atomic mass is 10.1. The summed E-state index contributed by atoms with van der Waals surface area (Å²) in [4.78, 5) is 13.5. The summed E-state index contributed by atoms with van der Waals surface area (Å²) in [7, 11) is 0. The van der Waals surface area contributed by atoms with E-state index < -0.39 is 0 Å². The predicted molar refractivity (Wildman–Crippen MR) is 71.0 cm³/mol. The maximum absolute atomic E-state index is 11.9. The minimum absolute atomic E-state index is 0.0764. The van der Waals surface area contributed by atoms with Gasteiger partial charge >= 0.3 is 0 Å². The smallest absolute Gasteiger partial charge is 0.228 e. The molecule has 1 aromatic heterocycles. The van der Waals surface area contributed by atoms with E-state index in [0.29, 0.717) is 0 Å². The van der Waals surface area contributed by atoms with Crippen LogP contribution >= 0.6 is 0 Å². The van der Waals surface area contributed by atoms with Crippen molar-refractivity contribution in [3.8, 4) is 5.69 Å². The lowest BCUT2D eigenvalue weighted by Gasteiger charge is -2.10. The molecule has 0 aliphatic carbocycles. The van der Waals surface area contributed by atoms with Crippen LogP contribution in [0.4, 0.5) is 5.69 Å². The van der Waals surface area contributed by atoms with E-state index in [9.17, 15) is 4.79 Å². The minimum atomic E-state index is 0.0764. The van der Waals surface area contributed by atoms with E-state index in [2.05, 4.69) is 20.8 Å². The second-order valence-corrected chi connectivity index (χ2v) is 4.54. The summed E-state index contributed by atoms with van der Waals surface area (Å²) in [5.41, 5.74) is 1.67. The van der Waals surface area contributed by atoms with Gasteiger partial charge in [-0.3, -0.25) is 4.79 Å². The van der Waals surface area contributed by atoms with E-state index in [0.717, 1.165) is 30.9 Å². The highest BCUT2D eigenvalue weighted by Gasteiger charge is 2.22. The Bertz CT molecular complexity index is 543. The molecule has 1 aliphatic heterocycles. The van der Waals surface area contributed by atoms with Crippen molar-refractivity contribution in [1.82, 2.24) is 20.3 Å². The predicted octanol–water partition coefficient (Wildman–Crippen LogP) is 0.815. The van der Waals surface area contributed by atoms with Gasteiger partial charge in [0.2, 0.25) is 5.91 Å². The molecule has 0 spiro atoms. The highest BCUT2D eigenvalue weighted by atomic mass is 16.1. The number of rotatable bonds is 3. The summed E-state index contributed by atoms with van der Waals surface area (Å²) in [6.45, 7) is 1.68. The largest absolute Gasteiger partial charge is 0.326 e. The Morgan fingerprint density at radius 3 is 2.63 bits per heavy atom. The molecule has 2 heterocycles. The third-order valence-corrected chi connectivity index (χ3v) is 3.22. The average Bonchev–Trinajstić information content (AvgIpc) is 3.13. The SMILES string of the molecule is O=C(Nc1ccc(-n2nccn2)cc1)C1CCNC1. The molecule has 1 unspecified atom stereocenters. The van der Waals surface area contributed by atoms with Crippen molar-refractivity contribution >= 4 is 11.6 Å². The van der Waals surface area contributed by atoms with Gasteiger partial charge < -0.3 is 10.6 Å². The van der Waals surface area contributed by atoms with Gasteiger partial charge in [0.25, 0.3) is 0 Å². The molecule has 19 heavy (non-hydrogen) atoms. The van der Waals surface area contributed by atoms with Crippen LogP contribution in [0.3, 0.4) is 0 Å². The molecule has 1 amide bonds. The number of carbonyl (C=O) groups is 1. The van der Waals surface area contributed by atoms with Gasteiger partial charge in [-0.2, -0.15) is 15.0 Å². The molecule has 1 fully saturated rings. The van der Waals surface area contributed by atoms with Gasteiger partial charge in [0.05, 0.1) is 24.0 Å². The quantitative estimate of drug-likeness (QED) is 0.853. The van der Waals surface area contributed by atoms with Crippen molar-refractivity contribution < 1.29 is 4.79 Å². The number of nitrogens with one attached hydrogen (secondary N) is 2. The zero-order valence-corrected chi connectivity index (χ0v) is 10.4. The zero-order valence-electron chi connectivity index (χ0n) is 10.4. The molecular formula is C13H15N5O. The summed E-state index contributed by atoms with van der Waals surface area (Å²) in [6, 6.07) is 7.48. The van der Waals surface area contributed by atoms with Crippen LogP contribution in [0.2, 0.25) is 0 Å². The highest BCUT2D eigenvalue weighted by molar-refractivity contribution is 5.92. The molecule has 0 bridgehead atoms. The number of nitrogens with zero attached hydrogens (tertiary/aromatic N) is 3. The van der Waals surface area contributed by atoms with Gasteiger partial charge in [0, 0.05) is 12.2 Å². The maximum atomic E-state index is 11.9. The van der Waals surface area contributed by atoms with Crippen molar-refractivity contribution in [2.75, 3.05) is 18.4 Å². The van der Waals surface area contributed by atoms with Crippen LogP contribution in [0, 0.1) is 5.92 Å². The Kier molecular flexibility index (Phi) is 3.24. The molecule has 1 saturated heterocycles. The van der Waals surface area contributed by atoms with Gasteiger partial charge in [-0.1, -0.05) is 0 Å². The molecule has 3 rings (SSSR count). The summed E-state index contributed by atoms with van der Waals surface area (Å²) in [5.74, 6) is 0.155. The van der Waals surface area contributed by atoms with Crippen LogP contribution in [0.1, 0.15) is 6.42 Å². The molecule has 1 aromatic carbocycles. The van der Waals surface area contributed by atoms with Crippen LogP contribution in [-0.2, 0) is 4.79 Å². The molecule has 0 radical (unpaired) electrons. The van der Waals surface area contributed by atoms with E-state index in [-0.39, 0.29) is 11.8 Å². The molecule has 98 valence electrons. The standard InChI is InChI=1S/C13H15N5O/c19-13(10-5-6-14-9-10)17-11-1-3-12(4-2-11)18-15-7-8-16-18/h1-4,7-8,10,14H,5-6,9H2,(H,17,19). The summed E-state index contributed by atoms with van der Waals surface area (Å²) >= 11 is 0. The Hall–Kier alpha value is -2.21. The summed E-state index contributed by atoms with van der Waals surface area (Å²) < 4.78 is 0. The Balaban J connectivity index is 1.67. The Morgan fingerprint density at radius 1 is 1.26 bits per heavy atom. The van der Waals surface area contributed by atoms with Crippen LogP contribution in [-0.4, -0.2) is 34.0 Å². The van der Waals surface area contributed by atoms with Gasteiger partial charge in [0.1, 0.15) is 0 Å². The van der Waals surface area contributed by atoms with Crippen molar-refractivity contribution in [1.29, 1.82) is 0 Å². The Morgan fingerprint density at radius 2 is 2.00 bits per heavy atom. The Labute approximate surface area is 110 Å². The first-order valence-electron chi connectivity index (χ1n) is 6.31. The molecule has 0 saturated carbocycles. The minimum Gasteiger partial charge on any atom is -0.326 e. The fourth-order valence-corrected chi connectivity index (χ4v) is 2.15. The van der Waals surface area contributed by atoms with Crippen LogP contribution in [0.15, 0.2) is 36.7 Å². The van der Waals surface area contributed by atoms with E-state index in [1.165, 1.54) is 4.80 Å². The normalized spacial score (nSPS) is 18.4. The number of hydrogen-bond donors (Lipinski definition) is 2. The number of hydrogen-bond acceptors (Lipinski definition) is 4. The highest BCUT2D eigenvalue weighted by Crippen LogP contribution is 2.15. The lowest BCUT2D eigenvalue weighted by molar-refractivity contribution is -0.119. The second kappa shape index (κ2) is 5.19. The van der Waals surface area contributed by atoms with Crippen molar-refractivity contribution in [3.63, 3.8) is 0 Å². The van der Waals surface area contributed by atoms with Gasteiger partial charge in [0.15, 0.2) is 0 Å². The molecular weight excluding hydrogens is 242 g/mol. The first-order chi connectivity index (χ1) is 9.33. The number of anilines is 1. The molecule has 2 aromatic rings. The van der Waals surface area contributed by atoms with Crippen LogP contribution in [0.25, 0.3) is 5.69 Å². The zero-order chi connectivity index (χ0) is 13.1. The third-order valence-electron chi connectivity index (χ3n) is 3.22. The molecule has 6 heteroatoms. The van der Waals surface area contributed by atoms with Crippen LogP contribution in [0.5, 0.6) is 0 Å². The maximum Gasteiger partial charge on any atom is 0.228 e. The topological polar surface area (TPSA) is 71.8 Å². The van der Waals surface area contributed by atoms with E-state index in [4.69, 9.17) is 0 Å². The number of carbonyl (C=O) groups excluding carboxylic acids is 1. The summed E-state index contributed by atoms with van der Waals surface area (Å²) in [6.07, 6.45) is 4.16. The van der Waals surface area contributed by atoms with Crippen molar-refractivity contribution in [3.05, 3.63) is 36.7 Å². The molecule has 1 aliphatic rings. The summed E-state index contributed by atoms with van der Waals surface area (Å²) in [5, 5.41) is 14.2. The van der Waals surface area contributed by atoms with Gasteiger partial charge in [-0.25, -0.2) is 0 Å². The first-order valence-corrected chi connectivity index (χ1v) is 6.31. The number of benzene rings is 1.